The Morgan fingerprint density at radius 2 is 1.51 bits per heavy atom. The highest BCUT2D eigenvalue weighted by Gasteiger charge is 2.64. The van der Waals surface area contributed by atoms with E-state index in [1.165, 1.54) is 22.6 Å². The maximum atomic E-state index is 13.5. The predicted molar refractivity (Wildman–Crippen MR) is 146 cm³/mol. The second kappa shape index (κ2) is 9.80. The zero-order valence-electron chi connectivity index (χ0n) is 21.9. The number of hydrogen-bond donors (Lipinski definition) is 1. The van der Waals surface area contributed by atoms with Crippen molar-refractivity contribution >= 4 is 35.1 Å². The first-order valence-electron chi connectivity index (χ1n) is 13.4. The summed E-state index contributed by atoms with van der Waals surface area (Å²) in [4.78, 5) is 53.1. The zero-order chi connectivity index (χ0) is 27.3. The van der Waals surface area contributed by atoms with Gasteiger partial charge in [0.15, 0.2) is 6.61 Å². The average Bonchev–Trinajstić information content (AvgIpc) is 3.61. The van der Waals surface area contributed by atoms with E-state index in [0.717, 1.165) is 24.0 Å². The van der Waals surface area contributed by atoms with Gasteiger partial charge in [0, 0.05) is 5.69 Å². The Bertz CT molecular complexity index is 1450. The average molecular weight is 523 g/mol. The first-order chi connectivity index (χ1) is 18.8. The quantitative estimate of drug-likeness (QED) is 0.362. The summed E-state index contributed by atoms with van der Waals surface area (Å²) in [6.45, 7) is 3.36. The maximum Gasteiger partial charge on any atom is 0.338 e. The molecule has 2 bridgehead atoms. The molecule has 3 fully saturated rings. The topological polar surface area (TPSA) is 92.8 Å². The predicted octanol–water partition coefficient (Wildman–Crippen LogP) is 5.03. The summed E-state index contributed by atoms with van der Waals surface area (Å²) in [5, 5.41) is 2.79. The molecule has 0 aromatic heterocycles. The van der Waals surface area contributed by atoms with Crippen LogP contribution in [0.3, 0.4) is 0 Å². The molecule has 1 N–H and O–H groups in total. The lowest BCUT2D eigenvalue weighted by atomic mass is 9.73. The summed E-state index contributed by atoms with van der Waals surface area (Å²) in [6, 6.07) is 22.2. The van der Waals surface area contributed by atoms with Crippen LogP contribution in [0.15, 0.2) is 72.8 Å². The Balaban J connectivity index is 1.10. The van der Waals surface area contributed by atoms with Crippen molar-refractivity contribution in [1.29, 1.82) is 0 Å². The SMILES string of the molecule is Cc1cccc(C)c1NC(=O)COC(=O)c1ccc(N2C(=O)[C@@H]3[C@@H]4C[C@@H]([C@H]3C2=O)[C@H](c2ccccc2)C4)cc1. The normalized spacial score (nSPS) is 25.1. The number of benzene rings is 3. The first kappa shape index (κ1) is 25.0. The number of nitrogens with zero attached hydrogens (tertiary/aromatic N) is 1. The molecule has 3 amide bonds. The van der Waals surface area contributed by atoms with Crippen molar-refractivity contribution in [2.24, 2.45) is 23.7 Å². The van der Waals surface area contributed by atoms with Gasteiger partial charge >= 0.3 is 5.97 Å². The van der Waals surface area contributed by atoms with E-state index in [1.807, 2.05) is 50.2 Å². The van der Waals surface area contributed by atoms with Crippen LogP contribution in [0.2, 0.25) is 0 Å². The van der Waals surface area contributed by atoms with Crippen LogP contribution in [-0.4, -0.2) is 30.3 Å². The molecule has 3 aliphatic rings. The standard InChI is InChI=1S/C32H30N2O5/c1-18-7-6-8-19(2)29(18)33-26(35)17-39-32(38)21-11-13-23(14-12-21)34-30(36)27-22-15-24(20-9-4-3-5-10-20)25(16-22)28(27)31(34)37/h3-14,22,24-25,27-28H,15-17H2,1-2H3,(H,33,35)/t22-,24-,25+,27+,28+/m0/s1. The van der Waals surface area contributed by atoms with Crippen molar-refractivity contribution in [1.82, 2.24) is 0 Å². The fourth-order valence-electron chi connectivity index (χ4n) is 6.95. The van der Waals surface area contributed by atoms with Gasteiger partial charge in [0.2, 0.25) is 11.8 Å². The van der Waals surface area contributed by atoms with Gasteiger partial charge in [-0.3, -0.25) is 19.3 Å². The van der Waals surface area contributed by atoms with E-state index in [9.17, 15) is 19.2 Å². The summed E-state index contributed by atoms with van der Waals surface area (Å²) in [6.07, 6.45) is 1.85. The molecule has 2 aliphatic carbocycles. The third-order valence-electron chi connectivity index (χ3n) is 8.68. The lowest BCUT2D eigenvalue weighted by Gasteiger charge is -2.28. The van der Waals surface area contributed by atoms with Crippen LogP contribution in [0.5, 0.6) is 0 Å². The van der Waals surface area contributed by atoms with Gasteiger partial charge in [-0.05, 0) is 85.4 Å². The largest absolute Gasteiger partial charge is 0.452 e. The van der Waals surface area contributed by atoms with Gasteiger partial charge in [0.1, 0.15) is 0 Å². The molecular weight excluding hydrogens is 492 g/mol. The summed E-state index contributed by atoms with van der Waals surface area (Å²) >= 11 is 0. The molecule has 5 atom stereocenters. The number of amides is 3. The van der Waals surface area contributed by atoms with Crippen molar-refractivity contribution in [3.8, 4) is 0 Å². The number of imide groups is 1. The lowest BCUT2D eigenvalue weighted by Crippen LogP contribution is -2.33. The molecule has 0 unspecified atom stereocenters. The molecule has 6 rings (SSSR count). The molecule has 7 nitrogen and oxygen atoms in total. The Morgan fingerprint density at radius 3 is 2.21 bits per heavy atom. The minimum absolute atomic E-state index is 0.137. The minimum Gasteiger partial charge on any atom is -0.452 e. The first-order valence-corrected chi connectivity index (χ1v) is 13.4. The fraction of sp³-hybridized carbons (Fsp3) is 0.312. The number of rotatable bonds is 6. The monoisotopic (exact) mass is 522 g/mol. The van der Waals surface area contributed by atoms with Crippen LogP contribution in [0, 0.1) is 37.5 Å². The minimum atomic E-state index is -0.655. The number of esters is 1. The highest BCUT2D eigenvalue weighted by Crippen LogP contribution is 2.61. The number of para-hydroxylation sites is 1. The molecule has 2 saturated carbocycles. The smallest absolute Gasteiger partial charge is 0.338 e. The highest BCUT2D eigenvalue weighted by molar-refractivity contribution is 6.22. The number of anilines is 2. The van der Waals surface area contributed by atoms with Crippen molar-refractivity contribution in [3.63, 3.8) is 0 Å². The van der Waals surface area contributed by atoms with Crippen LogP contribution in [0.1, 0.15) is 45.8 Å². The van der Waals surface area contributed by atoms with Gasteiger partial charge in [-0.1, -0.05) is 48.5 Å². The van der Waals surface area contributed by atoms with Crippen LogP contribution < -0.4 is 10.2 Å². The van der Waals surface area contributed by atoms with Crippen LogP contribution in [0.25, 0.3) is 0 Å². The van der Waals surface area contributed by atoms with Crippen molar-refractivity contribution < 1.29 is 23.9 Å². The van der Waals surface area contributed by atoms with Gasteiger partial charge in [-0.2, -0.15) is 0 Å². The number of ether oxygens (including phenoxy) is 1. The molecule has 39 heavy (non-hydrogen) atoms. The van der Waals surface area contributed by atoms with Gasteiger partial charge < -0.3 is 10.1 Å². The number of fused-ring (bicyclic) bond motifs is 5. The maximum absolute atomic E-state index is 13.5. The van der Waals surface area contributed by atoms with E-state index >= 15 is 0 Å². The van der Waals surface area contributed by atoms with E-state index in [0.29, 0.717) is 17.3 Å². The molecule has 0 spiro atoms. The van der Waals surface area contributed by atoms with Gasteiger partial charge in [0.25, 0.3) is 5.91 Å². The van der Waals surface area contributed by atoms with Gasteiger partial charge in [0.05, 0.1) is 23.1 Å². The number of carbonyl (C=O) groups excluding carboxylic acids is 4. The van der Waals surface area contributed by atoms with E-state index in [4.69, 9.17) is 4.74 Å². The summed E-state index contributed by atoms with van der Waals surface area (Å²) in [5.41, 5.74) is 4.48. The Kier molecular flexibility index (Phi) is 6.29. The van der Waals surface area contributed by atoms with Crippen molar-refractivity contribution in [3.05, 3.63) is 95.1 Å². The molecule has 7 heteroatoms. The zero-order valence-corrected chi connectivity index (χ0v) is 21.9. The summed E-state index contributed by atoms with van der Waals surface area (Å²) in [5.74, 6) is -1.22. The third-order valence-corrected chi connectivity index (χ3v) is 8.68. The number of aryl methyl sites for hydroxylation is 2. The van der Waals surface area contributed by atoms with Crippen LogP contribution in [-0.2, 0) is 19.1 Å². The molecule has 3 aromatic carbocycles. The molecule has 3 aromatic rings. The Morgan fingerprint density at radius 1 is 0.846 bits per heavy atom. The van der Waals surface area contributed by atoms with Crippen molar-refractivity contribution in [2.75, 3.05) is 16.8 Å². The summed E-state index contributed by atoms with van der Waals surface area (Å²) in [7, 11) is 0. The molecule has 1 heterocycles. The van der Waals surface area contributed by atoms with Crippen LogP contribution in [0.4, 0.5) is 11.4 Å². The second-order valence-corrected chi connectivity index (χ2v) is 10.9. The summed E-state index contributed by atoms with van der Waals surface area (Å²) < 4.78 is 5.20. The molecule has 1 aliphatic heterocycles. The third kappa shape index (κ3) is 4.32. The van der Waals surface area contributed by atoms with E-state index in [2.05, 4.69) is 17.4 Å². The molecule has 0 radical (unpaired) electrons. The van der Waals surface area contributed by atoms with E-state index in [-0.39, 0.29) is 41.0 Å². The number of nitrogens with one attached hydrogen (secondary N) is 1. The number of carbonyl (C=O) groups is 4. The highest BCUT2D eigenvalue weighted by atomic mass is 16.5. The number of hydrogen-bond acceptors (Lipinski definition) is 5. The van der Waals surface area contributed by atoms with E-state index < -0.39 is 18.5 Å². The Hall–Kier alpha value is -4.26. The van der Waals surface area contributed by atoms with Gasteiger partial charge in [-0.25, -0.2) is 4.79 Å². The van der Waals surface area contributed by atoms with Gasteiger partial charge in [-0.15, -0.1) is 0 Å². The Labute approximate surface area is 227 Å². The van der Waals surface area contributed by atoms with Crippen LogP contribution >= 0.6 is 0 Å². The lowest BCUT2D eigenvalue weighted by molar-refractivity contribution is -0.123. The second-order valence-electron chi connectivity index (χ2n) is 10.9. The molecule has 1 saturated heterocycles. The molecular formula is C32H30N2O5. The van der Waals surface area contributed by atoms with Crippen molar-refractivity contribution in [2.45, 2.75) is 32.6 Å². The molecule has 198 valence electrons. The fourth-order valence-corrected chi connectivity index (χ4v) is 6.95. The van der Waals surface area contributed by atoms with E-state index in [1.54, 1.807) is 12.1 Å².